The number of benzene rings is 1. The van der Waals surface area contributed by atoms with Crippen molar-refractivity contribution < 1.29 is 19.1 Å². The summed E-state index contributed by atoms with van der Waals surface area (Å²) in [6.07, 6.45) is 2.64. The van der Waals surface area contributed by atoms with Gasteiger partial charge in [-0.3, -0.25) is 14.2 Å². The van der Waals surface area contributed by atoms with E-state index in [4.69, 9.17) is 4.74 Å². The van der Waals surface area contributed by atoms with E-state index in [9.17, 15) is 14.4 Å². The Kier molecular flexibility index (Phi) is 5.25. The molecule has 1 aliphatic rings. The molecule has 1 aromatic carbocycles. The third kappa shape index (κ3) is 3.56. The summed E-state index contributed by atoms with van der Waals surface area (Å²) < 4.78 is 6.50. The minimum atomic E-state index is -0.304. The van der Waals surface area contributed by atoms with E-state index >= 15 is 0 Å². The Hall–Kier alpha value is -2.83. The summed E-state index contributed by atoms with van der Waals surface area (Å²) in [6, 6.07) is 7.35. The van der Waals surface area contributed by atoms with E-state index in [-0.39, 0.29) is 23.9 Å². The number of nitrogens with one attached hydrogen (secondary N) is 1. The van der Waals surface area contributed by atoms with Crippen molar-refractivity contribution in [3.63, 3.8) is 0 Å². The maximum atomic E-state index is 12.7. The van der Waals surface area contributed by atoms with E-state index < -0.39 is 0 Å². The second kappa shape index (κ2) is 7.59. The van der Waals surface area contributed by atoms with Crippen LogP contribution < -0.4 is 5.32 Å². The Labute approximate surface area is 151 Å². The van der Waals surface area contributed by atoms with Gasteiger partial charge in [0.05, 0.1) is 17.7 Å². The Morgan fingerprint density at radius 1 is 1.19 bits per heavy atom. The topological polar surface area (TPSA) is 80.6 Å². The first-order chi connectivity index (χ1) is 12.5. The predicted molar refractivity (Wildman–Crippen MR) is 97.3 cm³/mol. The van der Waals surface area contributed by atoms with Crippen LogP contribution in [-0.2, 0) is 4.74 Å². The van der Waals surface area contributed by atoms with Crippen molar-refractivity contribution in [1.29, 1.82) is 0 Å². The number of hydrogen-bond acceptors (Lipinski definition) is 4. The van der Waals surface area contributed by atoms with Gasteiger partial charge < -0.3 is 15.0 Å². The van der Waals surface area contributed by atoms with E-state index in [0.717, 1.165) is 10.9 Å². The third-order valence-corrected chi connectivity index (χ3v) is 4.65. The summed E-state index contributed by atoms with van der Waals surface area (Å²) in [5.74, 6) is -0.334. The Bertz CT molecular complexity index is 834. The zero-order valence-corrected chi connectivity index (χ0v) is 15.0. The highest BCUT2D eigenvalue weighted by Crippen LogP contribution is 2.22. The van der Waals surface area contributed by atoms with Crippen molar-refractivity contribution >= 4 is 28.8 Å². The van der Waals surface area contributed by atoms with Gasteiger partial charge in [0.1, 0.15) is 0 Å². The number of hydrogen-bond donors (Lipinski definition) is 1. The lowest BCUT2D eigenvalue weighted by atomic mass is 10.0. The van der Waals surface area contributed by atoms with Crippen LogP contribution in [0.5, 0.6) is 0 Å². The summed E-state index contributed by atoms with van der Waals surface area (Å²) in [7, 11) is 0. The minimum absolute atomic E-state index is 0.00684. The second-order valence-electron chi connectivity index (χ2n) is 6.38. The number of piperidine rings is 1. The summed E-state index contributed by atoms with van der Waals surface area (Å²) in [5.41, 5.74) is 1.21. The van der Waals surface area contributed by atoms with Crippen molar-refractivity contribution in [3.05, 3.63) is 36.0 Å². The SMILES string of the molecule is CCOC(=O)N1CCC(NC(=O)c2cn(C(C)=O)c3ccccc23)CC1. The number of carbonyl (C=O) groups is 3. The molecule has 2 heterocycles. The van der Waals surface area contributed by atoms with Crippen LogP contribution in [0.1, 0.15) is 41.8 Å². The van der Waals surface area contributed by atoms with Crippen LogP contribution in [0.25, 0.3) is 10.9 Å². The summed E-state index contributed by atoms with van der Waals surface area (Å²) >= 11 is 0. The standard InChI is InChI=1S/C19H23N3O4/c1-3-26-19(25)21-10-8-14(9-11-21)20-18(24)16-12-22(13(2)23)17-7-5-4-6-15(16)17/h4-7,12,14H,3,8-11H2,1-2H3,(H,20,24). The number of ether oxygens (including phenoxy) is 1. The fourth-order valence-corrected chi connectivity index (χ4v) is 3.31. The average molecular weight is 357 g/mol. The molecule has 0 saturated carbocycles. The van der Waals surface area contributed by atoms with Crippen LogP contribution in [0.2, 0.25) is 0 Å². The van der Waals surface area contributed by atoms with Crippen LogP contribution in [0, 0.1) is 0 Å². The highest BCUT2D eigenvalue weighted by atomic mass is 16.6. The molecule has 0 spiro atoms. The molecular formula is C19H23N3O4. The molecule has 26 heavy (non-hydrogen) atoms. The van der Waals surface area contributed by atoms with Crippen LogP contribution in [0.4, 0.5) is 4.79 Å². The smallest absolute Gasteiger partial charge is 0.409 e. The molecule has 0 atom stereocenters. The Balaban J connectivity index is 1.69. The number of likely N-dealkylation sites (tertiary alicyclic amines) is 1. The van der Waals surface area contributed by atoms with E-state index in [1.807, 2.05) is 24.3 Å². The third-order valence-electron chi connectivity index (χ3n) is 4.65. The van der Waals surface area contributed by atoms with E-state index in [1.165, 1.54) is 11.5 Å². The molecule has 0 radical (unpaired) electrons. The van der Waals surface area contributed by atoms with Crippen LogP contribution in [-0.4, -0.2) is 53.1 Å². The van der Waals surface area contributed by atoms with Gasteiger partial charge in [-0.1, -0.05) is 18.2 Å². The van der Waals surface area contributed by atoms with E-state index in [0.29, 0.717) is 38.1 Å². The van der Waals surface area contributed by atoms with Gasteiger partial charge in [0, 0.05) is 37.6 Å². The quantitative estimate of drug-likeness (QED) is 0.916. The second-order valence-corrected chi connectivity index (χ2v) is 6.38. The first kappa shape index (κ1) is 18.0. The molecule has 0 aliphatic carbocycles. The fraction of sp³-hybridized carbons (Fsp3) is 0.421. The van der Waals surface area contributed by atoms with E-state index in [2.05, 4.69) is 5.32 Å². The number of nitrogens with zero attached hydrogens (tertiary/aromatic N) is 2. The van der Waals surface area contributed by atoms with Gasteiger partial charge in [-0.15, -0.1) is 0 Å². The lowest BCUT2D eigenvalue weighted by molar-refractivity contribution is 0.0861. The molecule has 2 amide bonds. The Morgan fingerprint density at radius 2 is 1.88 bits per heavy atom. The van der Waals surface area contributed by atoms with Gasteiger partial charge in [0.15, 0.2) is 0 Å². The molecule has 2 aromatic rings. The van der Waals surface area contributed by atoms with Crippen molar-refractivity contribution in [2.24, 2.45) is 0 Å². The lowest BCUT2D eigenvalue weighted by Crippen LogP contribution is -2.46. The van der Waals surface area contributed by atoms with Gasteiger partial charge in [0.25, 0.3) is 5.91 Å². The maximum Gasteiger partial charge on any atom is 0.409 e. The van der Waals surface area contributed by atoms with Crippen molar-refractivity contribution in [3.8, 4) is 0 Å². The molecule has 1 saturated heterocycles. The molecule has 1 aliphatic heterocycles. The minimum Gasteiger partial charge on any atom is -0.450 e. The number of amides is 2. The predicted octanol–water partition coefficient (Wildman–Crippen LogP) is 2.65. The lowest BCUT2D eigenvalue weighted by Gasteiger charge is -2.31. The largest absolute Gasteiger partial charge is 0.450 e. The number of fused-ring (bicyclic) bond motifs is 1. The van der Waals surface area contributed by atoms with E-state index in [1.54, 1.807) is 18.0 Å². The zero-order chi connectivity index (χ0) is 18.7. The molecule has 3 rings (SSSR count). The van der Waals surface area contributed by atoms with Gasteiger partial charge in [-0.25, -0.2) is 4.79 Å². The molecule has 1 fully saturated rings. The maximum absolute atomic E-state index is 12.7. The number of carbonyl (C=O) groups excluding carboxylic acids is 3. The molecule has 138 valence electrons. The molecule has 0 bridgehead atoms. The molecule has 1 aromatic heterocycles. The van der Waals surface area contributed by atoms with Crippen molar-refractivity contribution in [1.82, 2.24) is 14.8 Å². The normalized spacial score (nSPS) is 15.1. The first-order valence-electron chi connectivity index (χ1n) is 8.84. The van der Waals surface area contributed by atoms with Crippen LogP contribution in [0.15, 0.2) is 30.5 Å². The highest BCUT2D eigenvalue weighted by molar-refractivity contribution is 6.09. The van der Waals surface area contributed by atoms with Crippen molar-refractivity contribution in [2.75, 3.05) is 19.7 Å². The van der Waals surface area contributed by atoms with Gasteiger partial charge in [-0.05, 0) is 25.8 Å². The van der Waals surface area contributed by atoms with Gasteiger partial charge >= 0.3 is 6.09 Å². The number of aromatic nitrogens is 1. The molecular weight excluding hydrogens is 334 g/mol. The average Bonchev–Trinajstić information content (AvgIpc) is 3.02. The van der Waals surface area contributed by atoms with Gasteiger partial charge in [-0.2, -0.15) is 0 Å². The summed E-state index contributed by atoms with van der Waals surface area (Å²) in [5, 5.41) is 3.78. The molecule has 7 nitrogen and oxygen atoms in total. The van der Waals surface area contributed by atoms with Crippen LogP contribution >= 0.6 is 0 Å². The summed E-state index contributed by atoms with van der Waals surface area (Å²) in [4.78, 5) is 38.0. The monoisotopic (exact) mass is 357 g/mol. The van der Waals surface area contributed by atoms with Gasteiger partial charge in [0.2, 0.25) is 5.91 Å². The van der Waals surface area contributed by atoms with Crippen LogP contribution in [0.3, 0.4) is 0 Å². The molecule has 1 N–H and O–H groups in total. The summed E-state index contributed by atoms with van der Waals surface area (Å²) in [6.45, 7) is 4.72. The number of para-hydroxylation sites is 1. The number of rotatable bonds is 3. The molecule has 7 heteroatoms. The Morgan fingerprint density at radius 3 is 2.54 bits per heavy atom. The molecule has 0 unspecified atom stereocenters. The highest BCUT2D eigenvalue weighted by Gasteiger charge is 2.26. The fourth-order valence-electron chi connectivity index (χ4n) is 3.31. The zero-order valence-electron chi connectivity index (χ0n) is 15.0. The first-order valence-corrected chi connectivity index (χ1v) is 8.84. The van der Waals surface area contributed by atoms with Crippen molar-refractivity contribution in [2.45, 2.75) is 32.7 Å².